The van der Waals surface area contributed by atoms with Crippen LogP contribution in [0.2, 0.25) is 0 Å². The van der Waals surface area contributed by atoms with Gasteiger partial charge < -0.3 is 10.7 Å². The summed E-state index contributed by atoms with van der Waals surface area (Å²) in [4.78, 5) is 6.57. The molecule has 2 rings (SSSR count). The Kier molecular flexibility index (Phi) is 3.45. The number of thiocarbonyl (C=S) groups is 1. The highest BCUT2D eigenvalue weighted by Crippen LogP contribution is 2.24. The second kappa shape index (κ2) is 4.71. The molecule has 1 aromatic heterocycles. The van der Waals surface area contributed by atoms with E-state index >= 15 is 0 Å². The Morgan fingerprint density at radius 2 is 2.35 bits per heavy atom. The lowest BCUT2D eigenvalue weighted by Crippen LogP contribution is -2.49. The van der Waals surface area contributed by atoms with E-state index in [1.165, 1.54) is 16.8 Å². The standard InChI is InChI=1S/C9H14N4O2S2/c10-9(16)7-3-1-2-4-13(7)17(14,15)8-5-11-6-12-8/h5-7H,1-4H2,(H2,10,16)(H,11,12). The number of rotatable bonds is 3. The van der Waals surface area contributed by atoms with Crippen molar-refractivity contribution in [3.05, 3.63) is 12.5 Å². The Hall–Kier alpha value is -0.990. The van der Waals surface area contributed by atoms with Crippen molar-refractivity contribution in [1.29, 1.82) is 0 Å². The molecule has 1 atom stereocenters. The van der Waals surface area contributed by atoms with Gasteiger partial charge in [0.2, 0.25) is 0 Å². The van der Waals surface area contributed by atoms with E-state index in [0.717, 1.165) is 12.8 Å². The van der Waals surface area contributed by atoms with Crippen LogP contribution < -0.4 is 5.73 Å². The van der Waals surface area contributed by atoms with Gasteiger partial charge >= 0.3 is 0 Å². The number of aromatic amines is 1. The van der Waals surface area contributed by atoms with Gasteiger partial charge in [-0.3, -0.25) is 0 Å². The lowest BCUT2D eigenvalue weighted by Gasteiger charge is -2.33. The average molecular weight is 274 g/mol. The number of sulfonamides is 1. The number of H-pyrrole nitrogens is 1. The Balaban J connectivity index is 2.34. The summed E-state index contributed by atoms with van der Waals surface area (Å²) in [6.07, 6.45) is 5.08. The minimum atomic E-state index is -3.57. The third-order valence-corrected chi connectivity index (χ3v) is 4.95. The predicted molar refractivity (Wildman–Crippen MR) is 66.9 cm³/mol. The van der Waals surface area contributed by atoms with Crippen LogP contribution >= 0.6 is 12.2 Å². The molecule has 3 N–H and O–H groups in total. The van der Waals surface area contributed by atoms with Crippen LogP contribution in [0.4, 0.5) is 0 Å². The minimum Gasteiger partial charge on any atom is -0.392 e. The van der Waals surface area contributed by atoms with Crippen LogP contribution in [0, 0.1) is 0 Å². The molecule has 17 heavy (non-hydrogen) atoms. The van der Waals surface area contributed by atoms with Crippen molar-refractivity contribution in [1.82, 2.24) is 14.3 Å². The highest BCUT2D eigenvalue weighted by Gasteiger charge is 2.35. The zero-order valence-electron chi connectivity index (χ0n) is 9.17. The van der Waals surface area contributed by atoms with Gasteiger partial charge in [0.25, 0.3) is 10.0 Å². The molecule has 1 fully saturated rings. The quantitative estimate of drug-likeness (QED) is 0.770. The third-order valence-electron chi connectivity index (χ3n) is 2.84. The maximum absolute atomic E-state index is 12.3. The first-order chi connectivity index (χ1) is 8.03. The molecule has 0 spiro atoms. The van der Waals surface area contributed by atoms with E-state index in [1.54, 1.807) is 0 Å². The molecule has 0 bridgehead atoms. The van der Waals surface area contributed by atoms with Gasteiger partial charge in [0.15, 0.2) is 5.03 Å². The van der Waals surface area contributed by atoms with Crippen LogP contribution in [0.15, 0.2) is 17.6 Å². The van der Waals surface area contributed by atoms with Gasteiger partial charge in [-0.25, -0.2) is 13.4 Å². The zero-order chi connectivity index (χ0) is 12.5. The summed E-state index contributed by atoms with van der Waals surface area (Å²) in [5.74, 6) is 0. The number of nitrogens with zero attached hydrogens (tertiary/aromatic N) is 2. The monoisotopic (exact) mass is 274 g/mol. The summed E-state index contributed by atoms with van der Waals surface area (Å²) in [6, 6.07) is -0.382. The van der Waals surface area contributed by atoms with E-state index in [4.69, 9.17) is 18.0 Å². The van der Waals surface area contributed by atoms with Gasteiger partial charge in [0, 0.05) is 6.54 Å². The highest BCUT2D eigenvalue weighted by molar-refractivity contribution is 7.89. The molecule has 0 saturated carbocycles. The SMILES string of the molecule is NC(=S)C1CCCCN1S(=O)(=O)c1cnc[nH]1. The minimum absolute atomic E-state index is 0.0839. The first-order valence-corrected chi connectivity index (χ1v) is 7.18. The molecule has 1 aliphatic heterocycles. The summed E-state index contributed by atoms with van der Waals surface area (Å²) < 4.78 is 26.0. The fourth-order valence-electron chi connectivity index (χ4n) is 1.99. The highest BCUT2D eigenvalue weighted by atomic mass is 32.2. The summed E-state index contributed by atoms with van der Waals surface area (Å²) in [6.45, 7) is 0.448. The second-order valence-corrected chi connectivity index (χ2v) is 6.28. The van der Waals surface area contributed by atoms with Crippen LogP contribution in [0.1, 0.15) is 19.3 Å². The van der Waals surface area contributed by atoms with Gasteiger partial charge in [0.05, 0.1) is 23.6 Å². The molecule has 6 nitrogen and oxygen atoms in total. The van der Waals surface area contributed by atoms with E-state index in [-0.39, 0.29) is 16.1 Å². The zero-order valence-corrected chi connectivity index (χ0v) is 10.8. The Morgan fingerprint density at radius 1 is 1.59 bits per heavy atom. The van der Waals surface area contributed by atoms with Crippen LogP contribution in [0.5, 0.6) is 0 Å². The number of piperidine rings is 1. The molecule has 1 saturated heterocycles. The Morgan fingerprint density at radius 3 is 2.94 bits per heavy atom. The number of aromatic nitrogens is 2. The molecular formula is C9H14N4O2S2. The van der Waals surface area contributed by atoms with Crippen molar-refractivity contribution in [2.24, 2.45) is 5.73 Å². The summed E-state index contributed by atoms with van der Waals surface area (Å²) in [5, 5.41) is 0.0839. The molecule has 1 aromatic rings. The molecule has 2 heterocycles. The van der Waals surface area contributed by atoms with Crippen molar-refractivity contribution in [2.45, 2.75) is 30.3 Å². The number of nitrogens with two attached hydrogens (primary N) is 1. The number of nitrogens with one attached hydrogen (secondary N) is 1. The van der Waals surface area contributed by atoms with Crippen LogP contribution in [0.25, 0.3) is 0 Å². The van der Waals surface area contributed by atoms with Crippen molar-refractivity contribution >= 4 is 27.2 Å². The molecule has 1 unspecified atom stereocenters. The van der Waals surface area contributed by atoms with E-state index in [0.29, 0.717) is 13.0 Å². The van der Waals surface area contributed by atoms with Crippen LogP contribution in [-0.4, -0.2) is 40.3 Å². The fourth-order valence-corrected chi connectivity index (χ4v) is 3.87. The lowest BCUT2D eigenvalue weighted by atomic mass is 10.1. The largest absolute Gasteiger partial charge is 0.392 e. The average Bonchev–Trinajstić information content (AvgIpc) is 2.83. The molecule has 0 radical (unpaired) electrons. The van der Waals surface area contributed by atoms with E-state index in [9.17, 15) is 8.42 Å². The van der Waals surface area contributed by atoms with Gasteiger partial charge in [0.1, 0.15) is 0 Å². The molecule has 0 aliphatic carbocycles. The third kappa shape index (κ3) is 2.33. The van der Waals surface area contributed by atoms with Gasteiger partial charge in [-0.2, -0.15) is 4.31 Å². The van der Waals surface area contributed by atoms with E-state index in [1.807, 2.05) is 0 Å². The van der Waals surface area contributed by atoms with Crippen LogP contribution in [0.3, 0.4) is 0 Å². The molecule has 94 valence electrons. The van der Waals surface area contributed by atoms with Crippen LogP contribution in [-0.2, 0) is 10.0 Å². The Bertz CT molecular complexity index is 497. The van der Waals surface area contributed by atoms with Crippen molar-refractivity contribution in [3.63, 3.8) is 0 Å². The molecule has 0 amide bonds. The van der Waals surface area contributed by atoms with E-state index in [2.05, 4.69) is 9.97 Å². The van der Waals surface area contributed by atoms with Crippen molar-refractivity contribution < 1.29 is 8.42 Å². The van der Waals surface area contributed by atoms with Crippen molar-refractivity contribution in [2.75, 3.05) is 6.54 Å². The summed E-state index contributed by atoms with van der Waals surface area (Å²) >= 11 is 4.94. The number of hydrogen-bond acceptors (Lipinski definition) is 4. The normalized spacial score (nSPS) is 22.5. The van der Waals surface area contributed by atoms with E-state index < -0.39 is 10.0 Å². The topological polar surface area (TPSA) is 92.1 Å². The molecule has 0 aromatic carbocycles. The predicted octanol–water partition coefficient (Wildman–Crippen LogP) is 0.239. The van der Waals surface area contributed by atoms with Crippen molar-refractivity contribution in [3.8, 4) is 0 Å². The molecule has 8 heteroatoms. The van der Waals surface area contributed by atoms with Gasteiger partial charge in [-0.1, -0.05) is 18.6 Å². The first kappa shape index (κ1) is 12.5. The second-order valence-electron chi connectivity index (χ2n) is 3.95. The maximum Gasteiger partial charge on any atom is 0.260 e. The summed E-state index contributed by atoms with van der Waals surface area (Å²) in [7, 11) is -3.57. The Labute approximate surface area is 105 Å². The number of imidazole rings is 1. The first-order valence-electron chi connectivity index (χ1n) is 5.33. The fraction of sp³-hybridized carbons (Fsp3) is 0.556. The summed E-state index contributed by atoms with van der Waals surface area (Å²) in [5.41, 5.74) is 5.61. The molecular weight excluding hydrogens is 260 g/mol. The number of hydrogen-bond donors (Lipinski definition) is 2. The molecule has 1 aliphatic rings. The maximum atomic E-state index is 12.3. The van der Waals surface area contributed by atoms with Gasteiger partial charge in [-0.15, -0.1) is 0 Å². The smallest absolute Gasteiger partial charge is 0.260 e. The lowest BCUT2D eigenvalue weighted by molar-refractivity contribution is 0.306. The van der Waals surface area contributed by atoms with Gasteiger partial charge in [-0.05, 0) is 12.8 Å².